The Bertz CT molecular complexity index is 663. The van der Waals surface area contributed by atoms with Crippen LogP contribution in [0.2, 0.25) is 0 Å². The summed E-state index contributed by atoms with van der Waals surface area (Å²) in [6.07, 6.45) is 0. The Balaban J connectivity index is 2.04. The van der Waals surface area contributed by atoms with E-state index in [1.54, 1.807) is 0 Å². The molecule has 0 spiro atoms. The maximum absolute atomic E-state index is 5.81. The second-order valence-corrected chi connectivity index (χ2v) is 5.32. The van der Waals surface area contributed by atoms with Crippen LogP contribution in [-0.2, 0) is 0 Å². The summed E-state index contributed by atoms with van der Waals surface area (Å²) >= 11 is 0. The summed E-state index contributed by atoms with van der Waals surface area (Å²) in [4.78, 5) is 0. The van der Waals surface area contributed by atoms with Crippen LogP contribution in [0, 0.1) is 23.7 Å². The molecule has 4 N–H and O–H groups in total. The van der Waals surface area contributed by atoms with Crippen molar-refractivity contribution in [1.82, 2.24) is 0 Å². The molecule has 2 atom stereocenters. The van der Waals surface area contributed by atoms with Crippen LogP contribution < -0.4 is 11.5 Å². The fraction of sp³-hybridized carbons (Fsp3) is 0.200. The Kier molecular flexibility index (Phi) is 5.39. The largest absolute Gasteiger partial charge is 0.324 e. The van der Waals surface area contributed by atoms with Gasteiger partial charge in [0.1, 0.15) is 0 Å². The molecule has 2 aromatic rings. The molecule has 0 saturated heterocycles. The van der Waals surface area contributed by atoms with Gasteiger partial charge in [0.15, 0.2) is 0 Å². The van der Waals surface area contributed by atoms with Gasteiger partial charge >= 0.3 is 0 Å². The van der Waals surface area contributed by atoms with Crippen LogP contribution >= 0.6 is 0 Å². The molecule has 0 heterocycles. The lowest BCUT2D eigenvalue weighted by atomic mass is 10.1. The molecular formula is C20H20N2. The van der Waals surface area contributed by atoms with E-state index in [-0.39, 0.29) is 12.1 Å². The Morgan fingerprint density at radius 1 is 0.636 bits per heavy atom. The smallest absolute Gasteiger partial charge is 0.0266 e. The number of rotatable bonds is 2. The Hall–Kier alpha value is -2.52. The van der Waals surface area contributed by atoms with Gasteiger partial charge < -0.3 is 11.5 Å². The van der Waals surface area contributed by atoms with Crippen molar-refractivity contribution in [3.8, 4) is 23.7 Å². The summed E-state index contributed by atoms with van der Waals surface area (Å²) in [5.41, 5.74) is 15.7. The van der Waals surface area contributed by atoms with E-state index in [0.717, 1.165) is 22.3 Å². The number of hydrogen-bond acceptors (Lipinski definition) is 2. The topological polar surface area (TPSA) is 52.0 Å². The molecule has 0 bridgehead atoms. The molecule has 2 nitrogen and oxygen atoms in total. The molecule has 0 fully saturated rings. The zero-order valence-electron chi connectivity index (χ0n) is 12.9. The van der Waals surface area contributed by atoms with Crippen LogP contribution in [-0.4, -0.2) is 0 Å². The van der Waals surface area contributed by atoms with Crippen molar-refractivity contribution in [2.24, 2.45) is 11.5 Å². The van der Waals surface area contributed by atoms with Gasteiger partial charge in [-0.25, -0.2) is 0 Å². The minimum Gasteiger partial charge on any atom is -0.324 e. The van der Waals surface area contributed by atoms with Gasteiger partial charge in [0.25, 0.3) is 0 Å². The lowest BCUT2D eigenvalue weighted by molar-refractivity contribution is 0.818. The number of benzene rings is 2. The summed E-state index contributed by atoms with van der Waals surface area (Å²) in [7, 11) is 0. The maximum atomic E-state index is 5.81. The summed E-state index contributed by atoms with van der Waals surface area (Å²) < 4.78 is 0. The van der Waals surface area contributed by atoms with Gasteiger partial charge in [-0.1, -0.05) is 36.1 Å². The minimum absolute atomic E-state index is 0.0426. The van der Waals surface area contributed by atoms with Gasteiger partial charge in [-0.2, -0.15) is 0 Å². The third kappa shape index (κ3) is 4.50. The van der Waals surface area contributed by atoms with Crippen molar-refractivity contribution in [3.05, 3.63) is 70.8 Å². The molecule has 2 unspecified atom stereocenters. The number of hydrogen-bond donors (Lipinski definition) is 2. The summed E-state index contributed by atoms with van der Waals surface area (Å²) in [5.74, 6) is 11.8. The third-order valence-corrected chi connectivity index (χ3v) is 3.35. The maximum Gasteiger partial charge on any atom is 0.0266 e. The van der Waals surface area contributed by atoms with Gasteiger partial charge in [0, 0.05) is 23.2 Å². The first kappa shape index (κ1) is 15.9. The van der Waals surface area contributed by atoms with Crippen molar-refractivity contribution in [3.63, 3.8) is 0 Å². The summed E-state index contributed by atoms with van der Waals surface area (Å²) in [5, 5.41) is 0. The highest BCUT2D eigenvalue weighted by atomic mass is 14.6. The molecule has 22 heavy (non-hydrogen) atoms. The van der Waals surface area contributed by atoms with Crippen LogP contribution in [0.5, 0.6) is 0 Å². The first-order chi connectivity index (χ1) is 10.6. The second-order valence-electron chi connectivity index (χ2n) is 5.32. The van der Waals surface area contributed by atoms with Crippen molar-refractivity contribution < 1.29 is 0 Å². The first-order valence-corrected chi connectivity index (χ1v) is 7.29. The Labute approximate surface area is 132 Å². The second kappa shape index (κ2) is 7.48. The number of nitrogens with two attached hydrogens (primary N) is 2. The third-order valence-electron chi connectivity index (χ3n) is 3.35. The predicted octanol–water partition coefficient (Wildman–Crippen LogP) is 3.13. The highest BCUT2D eigenvalue weighted by Crippen LogP contribution is 2.10. The van der Waals surface area contributed by atoms with Crippen LogP contribution in [0.15, 0.2) is 48.5 Å². The van der Waals surface area contributed by atoms with E-state index >= 15 is 0 Å². The standard InChI is InChI=1S/C20H20N2/c1-15(21)19-11-7-17(8-12-19)5-3-4-6-18-9-13-20(14-10-18)16(2)22/h7-16H,21-22H2,1-2H3. The van der Waals surface area contributed by atoms with E-state index in [0.29, 0.717) is 0 Å². The SMILES string of the molecule is CC(N)c1ccc(C#CC#Cc2ccc(C(C)N)cc2)cc1. The van der Waals surface area contributed by atoms with Crippen LogP contribution in [0.25, 0.3) is 0 Å². The highest BCUT2D eigenvalue weighted by Gasteiger charge is 1.97. The molecule has 110 valence electrons. The predicted molar refractivity (Wildman–Crippen MR) is 91.8 cm³/mol. The monoisotopic (exact) mass is 288 g/mol. The molecule has 0 aliphatic rings. The molecule has 0 saturated carbocycles. The molecule has 0 aliphatic heterocycles. The Morgan fingerprint density at radius 2 is 0.955 bits per heavy atom. The summed E-state index contributed by atoms with van der Waals surface area (Å²) in [6, 6.07) is 15.9. The van der Waals surface area contributed by atoms with Crippen molar-refractivity contribution in [2.45, 2.75) is 25.9 Å². The van der Waals surface area contributed by atoms with Crippen LogP contribution in [0.1, 0.15) is 48.2 Å². The van der Waals surface area contributed by atoms with Crippen LogP contribution in [0.4, 0.5) is 0 Å². The molecular weight excluding hydrogens is 268 g/mol. The van der Waals surface area contributed by atoms with E-state index in [1.807, 2.05) is 62.4 Å². The quantitative estimate of drug-likeness (QED) is 0.834. The van der Waals surface area contributed by atoms with Crippen molar-refractivity contribution in [2.75, 3.05) is 0 Å². The van der Waals surface area contributed by atoms with E-state index in [9.17, 15) is 0 Å². The average Bonchev–Trinajstić information content (AvgIpc) is 2.52. The van der Waals surface area contributed by atoms with E-state index < -0.39 is 0 Å². The van der Waals surface area contributed by atoms with Gasteiger partial charge in [0.2, 0.25) is 0 Å². The molecule has 2 aromatic carbocycles. The average molecular weight is 288 g/mol. The van der Waals surface area contributed by atoms with Crippen LogP contribution in [0.3, 0.4) is 0 Å². The molecule has 2 heteroatoms. The fourth-order valence-electron chi connectivity index (χ4n) is 1.95. The fourth-order valence-corrected chi connectivity index (χ4v) is 1.95. The molecule has 0 aromatic heterocycles. The van der Waals surface area contributed by atoms with Crippen molar-refractivity contribution >= 4 is 0 Å². The zero-order chi connectivity index (χ0) is 15.9. The molecule has 2 rings (SSSR count). The molecule has 0 radical (unpaired) electrons. The van der Waals surface area contributed by atoms with E-state index in [2.05, 4.69) is 23.7 Å². The summed E-state index contributed by atoms with van der Waals surface area (Å²) in [6.45, 7) is 3.92. The Morgan fingerprint density at radius 3 is 1.23 bits per heavy atom. The molecule has 0 aliphatic carbocycles. The van der Waals surface area contributed by atoms with E-state index in [4.69, 9.17) is 11.5 Å². The minimum atomic E-state index is 0.0426. The molecule has 0 amide bonds. The van der Waals surface area contributed by atoms with Gasteiger partial charge in [-0.05, 0) is 61.1 Å². The normalized spacial score (nSPS) is 12.4. The first-order valence-electron chi connectivity index (χ1n) is 7.29. The zero-order valence-corrected chi connectivity index (χ0v) is 12.9. The highest BCUT2D eigenvalue weighted by molar-refractivity contribution is 5.45. The lowest BCUT2D eigenvalue weighted by Crippen LogP contribution is -2.04. The lowest BCUT2D eigenvalue weighted by Gasteiger charge is -2.03. The van der Waals surface area contributed by atoms with Gasteiger partial charge in [0.05, 0.1) is 0 Å². The van der Waals surface area contributed by atoms with E-state index in [1.165, 1.54) is 0 Å². The van der Waals surface area contributed by atoms with Crippen molar-refractivity contribution in [1.29, 1.82) is 0 Å². The van der Waals surface area contributed by atoms with Gasteiger partial charge in [-0.3, -0.25) is 0 Å². The van der Waals surface area contributed by atoms with Gasteiger partial charge in [-0.15, -0.1) is 0 Å².